The summed E-state index contributed by atoms with van der Waals surface area (Å²) in [4.78, 5) is 29.0. The van der Waals surface area contributed by atoms with Crippen LogP contribution in [0.3, 0.4) is 0 Å². The topological polar surface area (TPSA) is 81.3 Å². The van der Waals surface area contributed by atoms with Crippen LogP contribution in [0.2, 0.25) is 0 Å². The number of fused-ring (bicyclic) bond motifs is 3. The Hall–Kier alpha value is -3.00. The fourth-order valence-corrected chi connectivity index (χ4v) is 3.62. The zero-order valence-corrected chi connectivity index (χ0v) is 14.3. The van der Waals surface area contributed by atoms with Gasteiger partial charge in [-0.05, 0) is 36.6 Å². The molecule has 0 bridgehead atoms. The summed E-state index contributed by atoms with van der Waals surface area (Å²) in [5.41, 5.74) is 1.98. The van der Waals surface area contributed by atoms with Crippen molar-refractivity contribution in [3.05, 3.63) is 63.8 Å². The molecule has 0 aromatic carbocycles. The molecule has 0 atom stereocenters. The third-order valence-corrected chi connectivity index (χ3v) is 4.80. The van der Waals surface area contributed by atoms with Crippen molar-refractivity contribution in [2.75, 3.05) is 0 Å². The predicted octanol–water partition coefficient (Wildman–Crippen LogP) is 1.73. The highest BCUT2D eigenvalue weighted by atomic mass is 32.1. The molecule has 0 radical (unpaired) electrons. The lowest BCUT2D eigenvalue weighted by Crippen LogP contribution is -2.34. The summed E-state index contributed by atoms with van der Waals surface area (Å²) >= 11 is 1.57. The van der Waals surface area contributed by atoms with Crippen LogP contribution in [0.1, 0.15) is 11.5 Å². The van der Waals surface area contributed by atoms with E-state index in [-0.39, 0.29) is 18.0 Å². The summed E-state index contributed by atoms with van der Waals surface area (Å²) in [6.07, 6.45) is 1.67. The monoisotopic (exact) mass is 353 g/mol. The number of hydrogen-bond donors (Lipinski definition) is 1. The number of carbonyl (C=O) groups is 1. The predicted molar refractivity (Wildman–Crippen MR) is 95.7 cm³/mol. The molecule has 8 heteroatoms. The fourth-order valence-electron chi connectivity index (χ4n) is 2.82. The minimum atomic E-state index is -0.280. The van der Waals surface area contributed by atoms with Crippen molar-refractivity contribution in [1.82, 2.24) is 24.5 Å². The largest absolute Gasteiger partial charge is 0.349 e. The van der Waals surface area contributed by atoms with Crippen LogP contribution in [0.4, 0.5) is 0 Å². The van der Waals surface area contributed by atoms with Crippen molar-refractivity contribution in [1.29, 1.82) is 0 Å². The maximum Gasteiger partial charge on any atom is 0.291 e. The third-order valence-electron chi connectivity index (χ3n) is 3.95. The second kappa shape index (κ2) is 6.14. The number of nitrogens with one attached hydrogen (secondary N) is 1. The first kappa shape index (κ1) is 15.5. The molecule has 0 saturated carbocycles. The van der Waals surface area contributed by atoms with Crippen LogP contribution < -0.4 is 10.9 Å². The van der Waals surface area contributed by atoms with E-state index in [2.05, 4.69) is 15.4 Å². The summed E-state index contributed by atoms with van der Waals surface area (Å²) in [7, 11) is 0. The van der Waals surface area contributed by atoms with Crippen LogP contribution in [0.15, 0.2) is 46.7 Å². The van der Waals surface area contributed by atoms with E-state index in [9.17, 15) is 9.59 Å². The maximum absolute atomic E-state index is 12.6. The van der Waals surface area contributed by atoms with Gasteiger partial charge in [-0.1, -0.05) is 6.07 Å². The number of thiophene rings is 1. The molecular formula is C17H15N5O2S. The molecule has 4 aromatic rings. The molecule has 4 rings (SSSR count). The molecule has 0 saturated heterocycles. The van der Waals surface area contributed by atoms with E-state index in [1.807, 2.05) is 47.0 Å². The van der Waals surface area contributed by atoms with Gasteiger partial charge in [0.25, 0.3) is 5.56 Å². The minimum Gasteiger partial charge on any atom is -0.349 e. The normalized spacial score (nSPS) is 11.2. The zero-order valence-electron chi connectivity index (χ0n) is 13.5. The van der Waals surface area contributed by atoms with Gasteiger partial charge in [0.2, 0.25) is 5.91 Å². The first-order valence-corrected chi connectivity index (χ1v) is 8.64. The molecule has 4 heterocycles. The molecular weight excluding hydrogens is 338 g/mol. The molecule has 25 heavy (non-hydrogen) atoms. The van der Waals surface area contributed by atoms with Crippen LogP contribution in [0.25, 0.3) is 15.7 Å². The highest BCUT2D eigenvalue weighted by molar-refractivity contribution is 7.17. The van der Waals surface area contributed by atoms with E-state index < -0.39 is 0 Å². The standard InChI is InChI=1S/C17H15N5O2S/c1-11-20-21(10-16(23)19-9-12-4-2-3-6-18-12)17(24)14-8-15-13(22(11)14)5-7-25-15/h2-8H,9-10H2,1H3,(H,19,23). The van der Waals surface area contributed by atoms with Crippen LogP contribution >= 0.6 is 11.3 Å². The van der Waals surface area contributed by atoms with Crippen molar-refractivity contribution < 1.29 is 4.79 Å². The van der Waals surface area contributed by atoms with Crippen molar-refractivity contribution in [3.63, 3.8) is 0 Å². The van der Waals surface area contributed by atoms with Gasteiger partial charge in [-0.2, -0.15) is 5.10 Å². The van der Waals surface area contributed by atoms with Gasteiger partial charge in [-0.15, -0.1) is 11.3 Å². The van der Waals surface area contributed by atoms with Gasteiger partial charge in [0.15, 0.2) is 0 Å². The van der Waals surface area contributed by atoms with E-state index in [4.69, 9.17) is 0 Å². The average molecular weight is 353 g/mol. The van der Waals surface area contributed by atoms with Gasteiger partial charge < -0.3 is 5.32 Å². The van der Waals surface area contributed by atoms with E-state index in [1.54, 1.807) is 17.5 Å². The van der Waals surface area contributed by atoms with Crippen molar-refractivity contribution in [2.45, 2.75) is 20.0 Å². The molecule has 7 nitrogen and oxygen atoms in total. The van der Waals surface area contributed by atoms with E-state index >= 15 is 0 Å². The Kier molecular flexibility index (Phi) is 3.81. The number of aromatic nitrogens is 4. The number of aryl methyl sites for hydroxylation is 1. The number of amides is 1. The lowest BCUT2D eigenvalue weighted by molar-refractivity contribution is -0.122. The highest BCUT2D eigenvalue weighted by Gasteiger charge is 2.14. The van der Waals surface area contributed by atoms with Crippen LogP contribution in [-0.4, -0.2) is 25.1 Å². The van der Waals surface area contributed by atoms with Crippen LogP contribution in [0, 0.1) is 6.92 Å². The van der Waals surface area contributed by atoms with E-state index in [1.165, 1.54) is 4.68 Å². The molecule has 0 aliphatic heterocycles. The quantitative estimate of drug-likeness (QED) is 0.606. The lowest BCUT2D eigenvalue weighted by atomic mass is 10.3. The van der Waals surface area contributed by atoms with Crippen molar-refractivity contribution >= 4 is 33.0 Å². The average Bonchev–Trinajstić information content (AvgIpc) is 3.19. The summed E-state index contributed by atoms with van der Waals surface area (Å²) in [6.45, 7) is 2.02. The molecule has 126 valence electrons. The SMILES string of the molecule is Cc1nn(CC(=O)NCc2ccccn2)c(=O)c2cc3sccc3n12. The molecule has 0 fully saturated rings. The Balaban J connectivity index is 1.60. The molecule has 0 unspecified atom stereocenters. The Morgan fingerprint density at radius 3 is 2.96 bits per heavy atom. The van der Waals surface area contributed by atoms with Gasteiger partial charge in [-0.3, -0.25) is 19.0 Å². The maximum atomic E-state index is 12.6. The van der Waals surface area contributed by atoms with Gasteiger partial charge in [0.1, 0.15) is 17.9 Å². The Labute approximate surface area is 146 Å². The summed E-state index contributed by atoms with van der Waals surface area (Å²) in [5.74, 6) is 0.387. The zero-order chi connectivity index (χ0) is 17.4. The number of hydrogen-bond acceptors (Lipinski definition) is 5. The van der Waals surface area contributed by atoms with E-state index in [0.29, 0.717) is 17.9 Å². The molecule has 1 N–H and O–H groups in total. The molecule has 0 aliphatic carbocycles. The Morgan fingerprint density at radius 2 is 2.16 bits per heavy atom. The third kappa shape index (κ3) is 2.80. The second-order valence-corrected chi connectivity index (χ2v) is 6.59. The fraction of sp³-hybridized carbons (Fsp3) is 0.176. The Morgan fingerprint density at radius 1 is 1.28 bits per heavy atom. The van der Waals surface area contributed by atoms with Gasteiger partial charge in [0.05, 0.1) is 22.5 Å². The second-order valence-electron chi connectivity index (χ2n) is 5.64. The van der Waals surface area contributed by atoms with Gasteiger partial charge in [0, 0.05) is 6.20 Å². The van der Waals surface area contributed by atoms with Gasteiger partial charge in [-0.25, -0.2) is 4.68 Å². The van der Waals surface area contributed by atoms with E-state index in [0.717, 1.165) is 15.9 Å². The van der Waals surface area contributed by atoms with Crippen molar-refractivity contribution in [3.8, 4) is 0 Å². The van der Waals surface area contributed by atoms with Crippen LogP contribution in [0.5, 0.6) is 0 Å². The number of rotatable bonds is 4. The minimum absolute atomic E-state index is 0.123. The molecule has 0 aliphatic rings. The first-order chi connectivity index (χ1) is 12.1. The van der Waals surface area contributed by atoms with Crippen LogP contribution in [-0.2, 0) is 17.9 Å². The smallest absolute Gasteiger partial charge is 0.291 e. The summed E-state index contributed by atoms with van der Waals surface area (Å²) in [6, 6.07) is 9.31. The number of pyridine rings is 1. The Bertz CT molecular complexity index is 1130. The number of nitrogens with zero attached hydrogens (tertiary/aromatic N) is 4. The molecule has 0 spiro atoms. The summed E-state index contributed by atoms with van der Waals surface area (Å²) < 4.78 is 4.07. The van der Waals surface area contributed by atoms with Gasteiger partial charge >= 0.3 is 0 Å². The summed E-state index contributed by atoms with van der Waals surface area (Å²) in [5, 5.41) is 9.03. The number of carbonyl (C=O) groups excluding carboxylic acids is 1. The highest BCUT2D eigenvalue weighted by Crippen LogP contribution is 2.24. The van der Waals surface area contributed by atoms with Crippen molar-refractivity contribution in [2.24, 2.45) is 0 Å². The molecule has 4 aromatic heterocycles. The first-order valence-electron chi connectivity index (χ1n) is 7.76. The lowest BCUT2D eigenvalue weighted by Gasteiger charge is -2.09. The molecule has 1 amide bonds.